The maximum Gasteiger partial charge on any atom is 0.331 e. The normalized spacial score (nSPS) is 28.9. The molecule has 2 aliphatic rings. The molecule has 1 N–H and O–H groups in total. The molecule has 0 unspecified atom stereocenters. The predicted octanol–water partition coefficient (Wildman–Crippen LogP) is -0.606. The van der Waals surface area contributed by atoms with Crippen LogP contribution in [0.4, 0.5) is 0 Å². The van der Waals surface area contributed by atoms with Crippen LogP contribution in [-0.4, -0.2) is 66.4 Å². The van der Waals surface area contributed by atoms with E-state index in [1.165, 1.54) is 6.92 Å². The van der Waals surface area contributed by atoms with Crippen LogP contribution in [0, 0.1) is 0 Å². The molecule has 0 radical (unpaired) electrons. The average Bonchev–Trinajstić information content (AvgIpc) is 3.07. The highest BCUT2D eigenvalue weighted by Crippen LogP contribution is 2.30. The van der Waals surface area contributed by atoms with Crippen molar-refractivity contribution in [3.05, 3.63) is 24.3 Å². The van der Waals surface area contributed by atoms with Crippen LogP contribution >= 0.6 is 0 Å². The fourth-order valence-corrected chi connectivity index (χ4v) is 2.33. The lowest BCUT2D eigenvalue weighted by Gasteiger charge is -2.16. The minimum Gasteiger partial charge on any atom is -0.478 e. The number of esters is 2. The van der Waals surface area contributed by atoms with Gasteiger partial charge >= 0.3 is 17.9 Å². The van der Waals surface area contributed by atoms with Crippen molar-refractivity contribution in [1.82, 2.24) is 0 Å². The molecule has 0 spiro atoms. The Morgan fingerprint density at radius 2 is 1.33 bits per heavy atom. The molecule has 24 heavy (non-hydrogen) atoms. The number of rotatable bonds is 6. The Morgan fingerprint density at radius 1 is 0.875 bits per heavy atom. The molecule has 2 fully saturated rings. The lowest BCUT2D eigenvalue weighted by atomic mass is 10.1. The lowest BCUT2D eigenvalue weighted by Crippen LogP contribution is -2.35. The molecule has 2 aliphatic heterocycles. The molecular weight excluding hydrogens is 324 g/mol. The molecule has 0 aliphatic carbocycles. The molecule has 0 amide bonds. The molecule has 0 aromatic carbocycles. The van der Waals surface area contributed by atoms with Crippen LogP contribution in [0.15, 0.2) is 24.3 Å². The Kier molecular flexibility index (Phi) is 5.83. The van der Waals surface area contributed by atoms with Gasteiger partial charge in [-0.05, 0) is 13.0 Å². The van der Waals surface area contributed by atoms with E-state index < -0.39 is 42.3 Å². The zero-order valence-electron chi connectivity index (χ0n) is 12.7. The van der Waals surface area contributed by atoms with Gasteiger partial charge in [0.25, 0.3) is 0 Å². The number of carboxylic acid groups (broad SMARTS) is 1. The summed E-state index contributed by atoms with van der Waals surface area (Å²) >= 11 is 0. The molecule has 2 rings (SSSR count). The highest BCUT2D eigenvalue weighted by Gasteiger charge is 2.50. The van der Waals surface area contributed by atoms with Gasteiger partial charge in [-0.25, -0.2) is 14.4 Å². The summed E-state index contributed by atoms with van der Waals surface area (Å²) in [6, 6.07) is 0. The molecular formula is C15H16O9. The van der Waals surface area contributed by atoms with E-state index in [-0.39, 0.29) is 19.0 Å². The number of carbonyl (C=O) groups excluding carboxylic acids is 3. The molecule has 0 bridgehead atoms. The molecule has 9 heteroatoms. The summed E-state index contributed by atoms with van der Waals surface area (Å²) in [5.74, 6) is -3.09. The van der Waals surface area contributed by atoms with E-state index in [2.05, 4.69) is 0 Å². The van der Waals surface area contributed by atoms with Gasteiger partial charge < -0.3 is 24.1 Å². The van der Waals surface area contributed by atoms with Crippen molar-refractivity contribution >= 4 is 23.7 Å². The van der Waals surface area contributed by atoms with E-state index in [9.17, 15) is 19.2 Å². The summed E-state index contributed by atoms with van der Waals surface area (Å²) in [5.41, 5.74) is 0. The second kappa shape index (κ2) is 7.84. The Morgan fingerprint density at radius 3 is 1.75 bits per heavy atom. The molecule has 9 nitrogen and oxygen atoms in total. The van der Waals surface area contributed by atoms with Crippen LogP contribution in [0.5, 0.6) is 0 Å². The summed E-state index contributed by atoms with van der Waals surface area (Å²) in [7, 11) is 0. The van der Waals surface area contributed by atoms with E-state index in [4.69, 9.17) is 24.1 Å². The van der Waals surface area contributed by atoms with Gasteiger partial charge in [0.05, 0.1) is 13.2 Å². The van der Waals surface area contributed by atoms with Crippen LogP contribution in [0.2, 0.25) is 0 Å². The maximum atomic E-state index is 11.6. The molecule has 2 saturated heterocycles. The third-order valence-corrected chi connectivity index (χ3v) is 3.31. The number of ether oxygens (including phenoxy) is 4. The fraction of sp³-hybridized carbons (Fsp3) is 0.467. The summed E-state index contributed by atoms with van der Waals surface area (Å²) in [6.07, 6.45) is 0.937. The van der Waals surface area contributed by atoms with Crippen molar-refractivity contribution in [3.63, 3.8) is 0 Å². The highest BCUT2D eigenvalue weighted by molar-refractivity contribution is 5.94. The van der Waals surface area contributed by atoms with E-state index in [0.29, 0.717) is 6.08 Å². The summed E-state index contributed by atoms with van der Waals surface area (Å²) in [6.45, 7) is 1.41. The van der Waals surface area contributed by atoms with Crippen molar-refractivity contribution in [3.8, 4) is 0 Å². The molecule has 4 atom stereocenters. The van der Waals surface area contributed by atoms with Crippen molar-refractivity contribution in [2.45, 2.75) is 31.3 Å². The van der Waals surface area contributed by atoms with Gasteiger partial charge in [-0.3, -0.25) is 4.79 Å². The van der Waals surface area contributed by atoms with E-state index in [0.717, 1.165) is 18.2 Å². The SMILES string of the molecule is CC(=O)/C=C/C(=O)O[C@H]1CO[C@H]2[C@@H]1OC[C@H]2OC(=O)/C=C/C(=O)O. The monoisotopic (exact) mass is 340 g/mol. The van der Waals surface area contributed by atoms with Crippen LogP contribution < -0.4 is 0 Å². The van der Waals surface area contributed by atoms with Crippen molar-refractivity contribution in [2.75, 3.05) is 13.2 Å². The van der Waals surface area contributed by atoms with Gasteiger partial charge in [0, 0.05) is 18.2 Å². The number of allylic oxidation sites excluding steroid dienone is 1. The van der Waals surface area contributed by atoms with Gasteiger partial charge in [-0.2, -0.15) is 0 Å². The molecule has 0 aromatic heterocycles. The molecule has 130 valence electrons. The Balaban J connectivity index is 1.87. The predicted molar refractivity (Wildman–Crippen MR) is 75.8 cm³/mol. The zero-order chi connectivity index (χ0) is 17.7. The number of aliphatic carboxylic acids is 1. The average molecular weight is 340 g/mol. The molecule has 0 aromatic rings. The van der Waals surface area contributed by atoms with Crippen LogP contribution in [0.3, 0.4) is 0 Å². The Bertz CT molecular complexity index is 540. The third-order valence-electron chi connectivity index (χ3n) is 3.31. The Hall–Kier alpha value is -2.52. The first-order chi connectivity index (χ1) is 11.4. The fourth-order valence-electron chi connectivity index (χ4n) is 2.33. The van der Waals surface area contributed by atoms with E-state index in [1.807, 2.05) is 0 Å². The standard InChI is InChI=1S/C15H16O9/c1-8(16)2-4-12(19)23-9-6-21-15-10(7-22-14(9)15)24-13(20)5-3-11(17)18/h2-5,9-10,14-15H,6-7H2,1H3,(H,17,18)/b4-2+,5-3+/t9-,10+,14+,15+/m0/s1. The number of hydrogen-bond donors (Lipinski definition) is 1. The smallest absolute Gasteiger partial charge is 0.331 e. The summed E-state index contributed by atoms with van der Waals surface area (Å²) in [4.78, 5) is 44.2. The molecule has 2 heterocycles. The first-order valence-corrected chi connectivity index (χ1v) is 7.11. The van der Waals surface area contributed by atoms with Crippen molar-refractivity contribution < 1.29 is 43.2 Å². The Labute approximate surface area is 136 Å². The van der Waals surface area contributed by atoms with Crippen LogP contribution in [0.25, 0.3) is 0 Å². The largest absolute Gasteiger partial charge is 0.478 e. The van der Waals surface area contributed by atoms with Gasteiger partial charge in [0.2, 0.25) is 0 Å². The lowest BCUT2D eigenvalue weighted by molar-refractivity contribution is -0.149. The maximum absolute atomic E-state index is 11.6. The molecule has 0 saturated carbocycles. The van der Waals surface area contributed by atoms with Crippen LogP contribution in [-0.2, 0) is 38.1 Å². The minimum atomic E-state index is -1.27. The summed E-state index contributed by atoms with van der Waals surface area (Å²) < 4.78 is 21.1. The van der Waals surface area contributed by atoms with Crippen molar-refractivity contribution in [2.24, 2.45) is 0 Å². The van der Waals surface area contributed by atoms with Gasteiger partial charge in [-0.1, -0.05) is 0 Å². The van der Waals surface area contributed by atoms with Gasteiger partial charge in [-0.15, -0.1) is 0 Å². The minimum absolute atomic E-state index is 0.0410. The third kappa shape index (κ3) is 4.74. The second-order valence-electron chi connectivity index (χ2n) is 5.16. The number of fused-ring (bicyclic) bond motifs is 1. The van der Waals surface area contributed by atoms with Gasteiger partial charge in [0.1, 0.15) is 12.2 Å². The number of carboxylic acids is 1. The first kappa shape index (κ1) is 17.8. The number of hydrogen-bond acceptors (Lipinski definition) is 8. The van der Waals surface area contributed by atoms with Crippen molar-refractivity contribution in [1.29, 1.82) is 0 Å². The quantitative estimate of drug-likeness (QED) is 0.498. The number of ketones is 1. The van der Waals surface area contributed by atoms with Crippen LogP contribution in [0.1, 0.15) is 6.92 Å². The highest BCUT2D eigenvalue weighted by atomic mass is 16.7. The zero-order valence-corrected chi connectivity index (χ0v) is 12.7. The van der Waals surface area contributed by atoms with E-state index in [1.54, 1.807) is 0 Å². The van der Waals surface area contributed by atoms with E-state index >= 15 is 0 Å². The second-order valence-corrected chi connectivity index (χ2v) is 5.16. The topological polar surface area (TPSA) is 125 Å². The summed E-state index contributed by atoms with van der Waals surface area (Å²) in [5, 5.41) is 8.45. The first-order valence-electron chi connectivity index (χ1n) is 7.11. The number of carbonyl (C=O) groups is 4. The van der Waals surface area contributed by atoms with Gasteiger partial charge in [0.15, 0.2) is 18.0 Å².